The zero-order chi connectivity index (χ0) is 21.6. The Balaban J connectivity index is 1.46. The number of amides is 1. The SMILES string of the molecule is COc1ccccc1Cn1c(CCCNC(=O)c2ccc(Br)cc2)nc2ccccc21. The normalized spacial score (nSPS) is 10.9. The first-order chi connectivity index (χ1) is 15.2. The Bertz CT molecular complexity index is 1190. The Morgan fingerprint density at radius 1 is 1.03 bits per heavy atom. The Morgan fingerprint density at radius 3 is 2.58 bits per heavy atom. The second kappa shape index (κ2) is 9.79. The molecular formula is C25H24BrN3O2. The molecule has 0 bridgehead atoms. The summed E-state index contributed by atoms with van der Waals surface area (Å²) in [6, 6.07) is 23.6. The molecule has 31 heavy (non-hydrogen) atoms. The van der Waals surface area contributed by atoms with Crippen molar-refractivity contribution in [2.45, 2.75) is 19.4 Å². The van der Waals surface area contributed by atoms with Crippen LogP contribution in [0.2, 0.25) is 0 Å². The van der Waals surface area contributed by atoms with Gasteiger partial charge in [0.15, 0.2) is 0 Å². The highest BCUT2D eigenvalue weighted by Crippen LogP contribution is 2.23. The van der Waals surface area contributed by atoms with E-state index in [-0.39, 0.29) is 5.91 Å². The van der Waals surface area contributed by atoms with Crippen molar-refractivity contribution in [2.75, 3.05) is 13.7 Å². The lowest BCUT2D eigenvalue weighted by atomic mass is 10.2. The number of aryl methyl sites for hydroxylation is 1. The molecule has 0 fully saturated rings. The number of fused-ring (bicyclic) bond motifs is 1. The number of para-hydroxylation sites is 3. The molecule has 0 atom stereocenters. The van der Waals surface area contributed by atoms with Crippen molar-refractivity contribution in [3.05, 3.63) is 94.2 Å². The number of nitrogens with zero attached hydrogens (tertiary/aromatic N) is 2. The first-order valence-electron chi connectivity index (χ1n) is 10.3. The molecule has 4 rings (SSSR count). The summed E-state index contributed by atoms with van der Waals surface area (Å²) < 4.78 is 8.73. The highest BCUT2D eigenvalue weighted by Gasteiger charge is 2.13. The largest absolute Gasteiger partial charge is 0.496 e. The molecule has 1 amide bonds. The molecule has 0 aliphatic carbocycles. The molecular weight excluding hydrogens is 454 g/mol. The predicted molar refractivity (Wildman–Crippen MR) is 127 cm³/mol. The molecule has 1 heterocycles. The maximum atomic E-state index is 12.3. The fourth-order valence-electron chi connectivity index (χ4n) is 3.65. The molecule has 0 unspecified atom stereocenters. The number of carbonyl (C=O) groups excluding carboxylic acids is 1. The lowest BCUT2D eigenvalue weighted by Gasteiger charge is -2.13. The maximum Gasteiger partial charge on any atom is 0.251 e. The predicted octanol–water partition coefficient (Wildman–Crippen LogP) is 5.22. The van der Waals surface area contributed by atoms with Gasteiger partial charge in [-0.25, -0.2) is 4.98 Å². The van der Waals surface area contributed by atoms with E-state index in [2.05, 4.69) is 37.9 Å². The Kier molecular flexibility index (Phi) is 6.67. The zero-order valence-corrected chi connectivity index (χ0v) is 18.9. The van der Waals surface area contributed by atoms with Crippen molar-refractivity contribution in [1.29, 1.82) is 0 Å². The minimum atomic E-state index is -0.0602. The number of nitrogens with one attached hydrogen (secondary N) is 1. The second-order valence-corrected chi connectivity index (χ2v) is 8.20. The van der Waals surface area contributed by atoms with Gasteiger partial charge in [-0.05, 0) is 48.9 Å². The summed E-state index contributed by atoms with van der Waals surface area (Å²) in [5, 5.41) is 3.00. The van der Waals surface area contributed by atoms with Crippen LogP contribution >= 0.6 is 15.9 Å². The molecule has 0 saturated heterocycles. The summed E-state index contributed by atoms with van der Waals surface area (Å²) in [6.07, 6.45) is 1.57. The average molecular weight is 478 g/mol. The summed E-state index contributed by atoms with van der Waals surface area (Å²) >= 11 is 3.39. The number of carbonyl (C=O) groups is 1. The number of benzene rings is 3. The van der Waals surface area contributed by atoms with E-state index in [0.717, 1.165) is 45.5 Å². The number of hydrogen-bond donors (Lipinski definition) is 1. The third-order valence-electron chi connectivity index (χ3n) is 5.22. The van der Waals surface area contributed by atoms with Crippen LogP contribution in [0.25, 0.3) is 11.0 Å². The number of methoxy groups -OCH3 is 1. The van der Waals surface area contributed by atoms with Gasteiger partial charge in [0.1, 0.15) is 11.6 Å². The number of hydrogen-bond acceptors (Lipinski definition) is 3. The Hall–Kier alpha value is -3.12. The Morgan fingerprint density at radius 2 is 1.77 bits per heavy atom. The van der Waals surface area contributed by atoms with E-state index in [1.54, 1.807) is 7.11 Å². The monoisotopic (exact) mass is 477 g/mol. The molecule has 1 aromatic heterocycles. The smallest absolute Gasteiger partial charge is 0.251 e. The number of halogens is 1. The van der Waals surface area contributed by atoms with Gasteiger partial charge < -0.3 is 14.6 Å². The van der Waals surface area contributed by atoms with Gasteiger partial charge in [-0.15, -0.1) is 0 Å². The summed E-state index contributed by atoms with van der Waals surface area (Å²) in [5.74, 6) is 1.81. The van der Waals surface area contributed by atoms with Crippen molar-refractivity contribution in [1.82, 2.24) is 14.9 Å². The molecule has 6 heteroatoms. The Labute approximate surface area is 190 Å². The summed E-state index contributed by atoms with van der Waals surface area (Å²) in [7, 11) is 1.69. The molecule has 3 aromatic carbocycles. The van der Waals surface area contributed by atoms with Gasteiger partial charge in [0.2, 0.25) is 0 Å². The quantitative estimate of drug-likeness (QED) is 0.354. The van der Waals surface area contributed by atoms with Crippen LogP contribution in [-0.4, -0.2) is 29.1 Å². The number of aromatic nitrogens is 2. The van der Waals surface area contributed by atoms with Crippen LogP contribution in [0.4, 0.5) is 0 Å². The standard InChI is InChI=1S/C25H24BrN3O2/c1-31-23-10-5-2-7-19(23)17-29-22-9-4-3-8-21(22)28-24(29)11-6-16-27-25(30)18-12-14-20(26)15-13-18/h2-5,7-10,12-15H,6,11,16-17H2,1H3,(H,27,30). The number of imidazole rings is 1. The van der Waals surface area contributed by atoms with Gasteiger partial charge in [0, 0.05) is 28.6 Å². The fourth-order valence-corrected chi connectivity index (χ4v) is 3.91. The van der Waals surface area contributed by atoms with E-state index < -0.39 is 0 Å². The molecule has 5 nitrogen and oxygen atoms in total. The van der Waals surface area contributed by atoms with E-state index in [0.29, 0.717) is 18.7 Å². The van der Waals surface area contributed by atoms with Crippen molar-refractivity contribution < 1.29 is 9.53 Å². The minimum Gasteiger partial charge on any atom is -0.496 e. The molecule has 4 aromatic rings. The van der Waals surface area contributed by atoms with Crippen LogP contribution < -0.4 is 10.1 Å². The molecule has 0 radical (unpaired) electrons. The van der Waals surface area contributed by atoms with E-state index in [1.807, 2.05) is 60.7 Å². The molecule has 158 valence electrons. The lowest BCUT2D eigenvalue weighted by molar-refractivity contribution is 0.0953. The average Bonchev–Trinajstić information content (AvgIpc) is 3.14. The summed E-state index contributed by atoms with van der Waals surface area (Å²) in [6.45, 7) is 1.28. The van der Waals surface area contributed by atoms with Crippen molar-refractivity contribution in [3.63, 3.8) is 0 Å². The van der Waals surface area contributed by atoms with E-state index in [1.165, 1.54) is 0 Å². The minimum absolute atomic E-state index is 0.0602. The zero-order valence-electron chi connectivity index (χ0n) is 17.3. The van der Waals surface area contributed by atoms with Crippen LogP contribution in [0, 0.1) is 0 Å². The maximum absolute atomic E-state index is 12.3. The summed E-state index contributed by atoms with van der Waals surface area (Å²) in [5.41, 5.74) is 3.85. The first-order valence-corrected chi connectivity index (χ1v) is 11.0. The van der Waals surface area contributed by atoms with Gasteiger partial charge in [0.05, 0.1) is 24.7 Å². The van der Waals surface area contributed by atoms with Crippen molar-refractivity contribution in [3.8, 4) is 5.75 Å². The van der Waals surface area contributed by atoms with Crippen molar-refractivity contribution >= 4 is 32.9 Å². The van der Waals surface area contributed by atoms with Crippen LogP contribution in [0.5, 0.6) is 5.75 Å². The summed E-state index contributed by atoms with van der Waals surface area (Å²) in [4.78, 5) is 17.2. The molecule has 1 N–H and O–H groups in total. The van der Waals surface area contributed by atoms with Crippen LogP contribution in [0.3, 0.4) is 0 Å². The van der Waals surface area contributed by atoms with Crippen molar-refractivity contribution in [2.24, 2.45) is 0 Å². The highest BCUT2D eigenvalue weighted by atomic mass is 79.9. The van der Waals surface area contributed by atoms with Gasteiger partial charge in [-0.1, -0.05) is 46.3 Å². The van der Waals surface area contributed by atoms with E-state index in [9.17, 15) is 4.79 Å². The van der Waals surface area contributed by atoms with E-state index >= 15 is 0 Å². The third-order valence-corrected chi connectivity index (χ3v) is 5.75. The number of rotatable bonds is 8. The highest BCUT2D eigenvalue weighted by molar-refractivity contribution is 9.10. The van der Waals surface area contributed by atoms with Gasteiger partial charge >= 0.3 is 0 Å². The van der Waals surface area contributed by atoms with Gasteiger partial charge in [-0.2, -0.15) is 0 Å². The van der Waals surface area contributed by atoms with Gasteiger partial charge in [-0.3, -0.25) is 4.79 Å². The van der Waals surface area contributed by atoms with Gasteiger partial charge in [0.25, 0.3) is 5.91 Å². The molecule has 0 spiro atoms. The van der Waals surface area contributed by atoms with E-state index in [4.69, 9.17) is 9.72 Å². The fraction of sp³-hybridized carbons (Fsp3) is 0.200. The topological polar surface area (TPSA) is 56.1 Å². The lowest BCUT2D eigenvalue weighted by Crippen LogP contribution is -2.25. The van der Waals surface area contributed by atoms with Crippen LogP contribution in [-0.2, 0) is 13.0 Å². The molecule has 0 aliphatic heterocycles. The molecule has 0 saturated carbocycles. The second-order valence-electron chi connectivity index (χ2n) is 7.28. The third kappa shape index (κ3) is 4.97. The van der Waals surface area contributed by atoms with Crippen LogP contribution in [0.1, 0.15) is 28.2 Å². The number of ether oxygens (including phenoxy) is 1. The first kappa shape index (κ1) is 21.1. The van der Waals surface area contributed by atoms with Crippen LogP contribution in [0.15, 0.2) is 77.3 Å². The molecule has 0 aliphatic rings.